The van der Waals surface area contributed by atoms with Crippen LogP contribution >= 0.6 is 0 Å². The standard InChI is InChI=1S/C18H25F3N4O2/c1-23-17(25-14-6-3-5-13(9-14)18(19,20)21)24-10-12-4-2-7-15(8-12)27-11-16(22)26/h2,4,7-8,13-14H,3,5-6,9-11H2,1H3,(H2,22,26)(H2,23,24,25). The topological polar surface area (TPSA) is 88.7 Å². The van der Waals surface area contributed by atoms with Crippen LogP contribution in [0.15, 0.2) is 29.3 Å². The van der Waals surface area contributed by atoms with Crippen molar-refractivity contribution in [1.82, 2.24) is 10.6 Å². The zero-order chi connectivity index (χ0) is 19.9. The Morgan fingerprint density at radius 2 is 2.15 bits per heavy atom. The molecule has 150 valence electrons. The van der Waals surface area contributed by atoms with Crippen molar-refractivity contribution in [2.45, 2.75) is 44.4 Å². The van der Waals surface area contributed by atoms with Crippen molar-refractivity contribution in [3.8, 4) is 5.75 Å². The van der Waals surface area contributed by atoms with Gasteiger partial charge in [0.25, 0.3) is 5.91 Å². The van der Waals surface area contributed by atoms with E-state index in [1.165, 1.54) is 0 Å². The molecule has 1 aromatic carbocycles. The van der Waals surface area contributed by atoms with Crippen LogP contribution in [-0.4, -0.2) is 37.7 Å². The van der Waals surface area contributed by atoms with Crippen molar-refractivity contribution in [3.05, 3.63) is 29.8 Å². The second-order valence-corrected chi connectivity index (χ2v) is 6.57. The van der Waals surface area contributed by atoms with Crippen LogP contribution < -0.4 is 21.1 Å². The number of ether oxygens (including phenoxy) is 1. The molecular weight excluding hydrogens is 361 g/mol. The summed E-state index contributed by atoms with van der Waals surface area (Å²) in [5.41, 5.74) is 5.92. The van der Waals surface area contributed by atoms with E-state index < -0.39 is 18.0 Å². The highest BCUT2D eigenvalue weighted by atomic mass is 19.4. The predicted octanol–water partition coefficient (Wildman–Crippen LogP) is 2.34. The van der Waals surface area contributed by atoms with Gasteiger partial charge in [0.15, 0.2) is 12.6 Å². The van der Waals surface area contributed by atoms with E-state index >= 15 is 0 Å². The molecule has 0 spiro atoms. The minimum absolute atomic E-state index is 0.0562. The van der Waals surface area contributed by atoms with Gasteiger partial charge < -0.3 is 21.1 Å². The lowest BCUT2D eigenvalue weighted by molar-refractivity contribution is -0.183. The summed E-state index contributed by atoms with van der Waals surface area (Å²) in [7, 11) is 1.58. The summed E-state index contributed by atoms with van der Waals surface area (Å²) in [4.78, 5) is 14.9. The van der Waals surface area contributed by atoms with Crippen molar-refractivity contribution in [2.24, 2.45) is 16.6 Å². The number of guanidine groups is 1. The van der Waals surface area contributed by atoms with Gasteiger partial charge in [-0.1, -0.05) is 18.6 Å². The molecule has 0 bridgehead atoms. The molecule has 9 heteroatoms. The number of nitrogens with two attached hydrogens (primary N) is 1. The molecule has 1 aliphatic rings. The van der Waals surface area contributed by atoms with E-state index in [0.717, 1.165) is 5.56 Å². The highest BCUT2D eigenvalue weighted by Gasteiger charge is 2.42. The second kappa shape index (κ2) is 9.48. The molecule has 1 saturated carbocycles. The van der Waals surface area contributed by atoms with E-state index in [4.69, 9.17) is 10.5 Å². The highest BCUT2D eigenvalue weighted by molar-refractivity contribution is 5.80. The van der Waals surface area contributed by atoms with Gasteiger partial charge in [0, 0.05) is 19.6 Å². The third-order valence-electron chi connectivity index (χ3n) is 4.44. The quantitative estimate of drug-likeness (QED) is 0.517. The maximum absolute atomic E-state index is 12.9. The van der Waals surface area contributed by atoms with Crippen LogP contribution in [0.4, 0.5) is 13.2 Å². The Bertz CT molecular complexity index is 664. The van der Waals surface area contributed by atoms with Gasteiger partial charge in [0.1, 0.15) is 5.75 Å². The number of nitrogens with zero attached hydrogens (tertiary/aromatic N) is 1. The molecule has 0 aliphatic heterocycles. The summed E-state index contributed by atoms with van der Waals surface area (Å²) in [5.74, 6) is -0.864. The van der Waals surface area contributed by atoms with Gasteiger partial charge in [-0.15, -0.1) is 0 Å². The second-order valence-electron chi connectivity index (χ2n) is 6.57. The van der Waals surface area contributed by atoms with E-state index in [-0.39, 0.29) is 25.5 Å². The number of carbonyl (C=O) groups is 1. The van der Waals surface area contributed by atoms with Gasteiger partial charge in [-0.2, -0.15) is 13.2 Å². The Labute approximate surface area is 156 Å². The molecular formula is C18H25F3N4O2. The van der Waals surface area contributed by atoms with Crippen molar-refractivity contribution < 1.29 is 22.7 Å². The third-order valence-corrected chi connectivity index (χ3v) is 4.44. The summed E-state index contributed by atoms with van der Waals surface area (Å²) in [6.45, 7) is 0.199. The minimum Gasteiger partial charge on any atom is -0.484 e. The largest absolute Gasteiger partial charge is 0.484 e. The fourth-order valence-corrected chi connectivity index (χ4v) is 3.09. The fourth-order valence-electron chi connectivity index (χ4n) is 3.09. The molecule has 0 radical (unpaired) electrons. The molecule has 0 saturated heterocycles. The number of rotatable bonds is 6. The zero-order valence-corrected chi connectivity index (χ0v) is 15.2. The normalized spacial score (nSPS) is 20.8. The lowest BCUT2D eigenvalue weighted by Gasteiger charge is -2.31. The van der Waals surface area contributed by atoms with E-state index in [1.54, 1.807) is 25.2 Å². The number of hydrogen-bond acceptors (Lipinski definition) is 3. The number of halogens is 3. The maximum atomic E-state index is 12.9. The lowest BCUT2D eigenvalue weighted by atomic mass is 9.85. The van der Waals surface area contributed by atoms with Gasteiger partial charge in [-0.05, 0) is 37.0 Å². The molecule has 2 atom stereocenters. The Kier molecular flexibility index (Phi) is 7.32. The highest BCUT2D eigenvalue weighted by Crippen LogP contribution is 2.37. The molecule has 27 heavy (non-hydrogen) atoms. The molecule has 1 aromatic rings. The van der Waals surface area contributed by atoms with Crippen LogP contribution in [0.5, 0.6) is 5.75 Å². The first kappa shape index (κ1) is 20.9. The molecule has 1 fully saturated rings. The molecule has 0 heterocycles. The number of benzene rings is 1. The first-order valence-electron chi connectivity index (χ1n) is 8.82. The first-order valence-corrected chi connectivity index (χ1v) is 8.82. The summed E-state index contributed by atoms with van der Waals surface area (Å²) >= 11 is 0. The Balaban J connectivity index is 1.87. The van der Waals surface area contributed by atoms with Crippen LogP contribution in [0.1, 0.15) is 31.2 Å². The number of amides is 1. The van der Waals surface area contributed by atoms with Crippen LogP contribution in [0, 0.1) is 5.92 Å². The molecule has 4 N–H and O–H groups in total. The van der Waals surface area contributed by atoms with Crippen LogP contribution in [0.25, 0.3) is 0 Å². The van der Waals surface area contributed by atoms with Gasteiger partial charge in [-0.3, -0.25) is 9.79 Å². The number of aliphatic imine (C=N–C) groups is 1. The molecule has 1 amide bonds. The zero-order valence-electron chi connectivity index (χ0n) is 15.2. The smallest absolute Gasteiger partial charge is 0.391 e. The van der Waals surface area contributed by atoms with Crippen LogP contribution in [-0.2, 0) is 11.3 Å². The molecule has 1 aliphatic carbocycles. The molecule has 0 aromatic heterocycles. The first-order chi connectivity index (χ1) is 12.8. The fraction of sp³-hybridized carbons (Fsp3) is 0.556. The number of hydrogen-bond donors (Lipinski definition) is 3. The van der Waals surface area contributed by atoms with E-state index in [2.05, 4.69) is 15.6 Å². The number of carbonyl (C=O) groups excluding carboxylic acids is 1. The SMILES string of the molecule is CN=C(NCc1cccc(OCC(N)=O)c1)NC1CCCC(C(F)(F)F)C1. The van der Waals surface area contributed by atoms with E-state index in [9.17, 15) is 18.0 Å². The third kappa shape index (κ3) is 6.99. The number of nitrogens with one attached hydrogen (secondary N) is 2. The Hall–Kier alpha value is -2.45. The van der Waals surface area contributed by atoms with Crippen LogP contribution in [0.3, 0.4) is 0 Å². The number of alkyl halides is 3. The van der Waals surface area contributed by atoms with Crippen molar-refractivity contribution >= 4 is 11.9 Å². The van der Waals surface area contributed by atoms with Crippen molar-refractivity contribution in [1.29, 1.82) is 0 Å². The summed E-state index contributed by atoms with van der Waals surface area (Å²) in [6.07, 6.45) is -2.68. The van der Waals surface area contributed by atoms with Crippen LogP contribution in [0.2, 0.25) is 0 Å². The minimum atomic E-state index is -4.15. The maximum Gasteiger partial charge on any atom is 0.391 e. The summed E-state index contributed by atoms with van der Waals surface area (Å²) in [5, 5.41) is 6.17. The Morgan fingerprint density at radius 3 is 2.81 bits per heavy atom. The van der Waals surface area contributed by atoms with Gasteiger partial charge >= 0.3 is 6.18 Å². The van der Waals surface area contributed by atoms with E-state index in [1.807, 2.05) is 6.07 Å². The van der Waals surface area contributed by atoms with Gasteiger partial charge in [0.2, 0.25) is 0 Å². The lowest BCUT2D eigenvalue weighted by Crippen LogP contribution is -2.46. The predicted molar refractivity (Wildman–Crippen MR) is 96.3 cm³/mol. The summed E-state index contributed by atoms with van der Waals surface area (Å²) in [6, 6.07) is 6.83. The average Bonchev–Trinajstić information content (AvgIpc) is 2.63. The van der Waals surface area contributed by atoms with E-state index in [0.29, 0.717) is 31.1 Å². The van der Waals surface area contributed by atoms with Gasteiger partial charge in [0.05, 0.1) is 5.92 Å². The molecule has 2 rings (SSSR count). The number of primary amides is 1. The molecule has 6 nitrogen and oxygen atoms in total. The average molecular weight is 386 g/mol. The summed E-state index contributed by atoms with van der Waals surface area (Å²) < 4.78 is 44.1. The van der Waals surface area contributed by atoms with Crippen molar-refractivity contribution in [2.75, 3.05) is 13.7 Å². The monoisotopic (exact) mass is 386 g/mol. The van der Waals surface area contributed by atoms with Gasteiger partial charge in [-0.25, -0.2) is 0 Å². The molecule has 2 unspecified atom stereocenters. The van der Waals surface area contributed by atoms with Crippen molar-refractivity contribution in [3.63, 3.8) is 0 Å². The Morgan fingerprint density at radius 1 is 1.37 bits per heavy atom.